The fourth-order valence-electron chi connectivity index (χ4n) is 0.838. The molecule has 0 rings (SSSR count). The Balaban J connectivity index is 3.71. The zero-order valence-electron chi connectivity index (χ0n) is 9.41. The summed E-state index contributed by atoms with van der Waals surface area (Å²) in [5.41, 5.74) is 0. The summed E-state index contributed by atoms with van der Waals surface area (Å²) in [7, 11) is 0. The Bertz CT molecular complexity index is 171. The van der Waals surface area contributed by atoms with E-state index in [4.69, 9.17) is 9.84 Å². The third-order valence-corrected chi connectivity index (χ3v) is 2.08. The number of hydrogen-bond donors (Lipinski definition) is 2. The maximum Gasteiger partial charge on any atom is 0.246 e. The number of carbonyl (C=O) groups excluding carboxylic acids is 1. The third kappa shape index (κ3) is 5.94. The predicted molar refractivity (Wildman–Crippen MR) is 54.9 cm³/mol. The van der Waals surface area contributed by atoms with Crippen molar-refractivity contribution in [3.8, 4) is 0 Å². The molecule has 2 atom stereocenters. The van der Waals surface area contributed by atoms with Gasteiger partial charge in [0.05, 0.1) is 6.10 Å². The van der Waals surface area contributed by atoms with Crippen molar-refractivity contribution < 1.29 is 14.6 Å². The van der Waals surface area contributed by atoms with Crippen LogP contribution in [0.4, 0.5) is 0 Å². The largest absolute Gasteiger partial charge is 0.396 e. The minimum atomic E-state index is -0.133. The number of amides is 1. The second-order valence-electron chi connectivity index (χ2n) is 3.88. The van der Waals surface area contributed by atoms with Gasteiger partial charge in [0.15, 0.2) is 0 Å². The van der Waals surface area contributed by atoms with E-state index in [0.29, 0.717) is 0 Å². The van der Waals surface area contributed by atoms with Crippen LogP contribution in [0.1, 0.15) is 27.7 Å². The van der Waals surface area contributed by atoms with Crippen molar-refractivity contribution in [3.05, 3.63) is 0 Å². The van der Waals surface area contributed by atoms with Gasteiger partial charge in [-0.05, 0) is 26.7 Å². The van der Waals surface area contributed by atoms with Crippen LogP contribution in [0.5, 0.6) is 0 Å². The van der Waals surface area contributed by atoms with E-state index in [2.05, 4.69) is 5.32 Å². The van der Waals surface area contributed by atoms with Crippen LogP contribution in [0, 0.1) is 5.92 Å². The number of aliphatic hydroxyl groups excluding tert-OH is 1. The highest BCUT2D eigenvalue weighted by molar-refractivity contribution is 5.77. The lowest BCUT2D eigenvalue weighted by molar-refractivity contribution is -0.128. The van der Waals surface area contributed by atoms with Gasteiger partial charge in [-0.2, -0.15) is 0 Å². The Kier molecular flexibility index (Phi) is 6.49. The number of carbonyl (C=O) groups is 1. The van der Waals surface area contributed by atoms with Crippen LogP contribution in [-0.2, 0) is 9.53 Å². The van der Waals surface area contributed by atoms with Gasteiger partial charge in [-0.15, -0.1) is 0 Å². The first-order valence-electron chi connectivity index (χ1n) is 4.99. The van der Waals surface area contributed by atoms with E-state index in [1.54, 1.807) is 0 Å². The van der Waals surface area contributed by atoms with Crippen molar-refractivity contribution in [1.29, 1.82) is 0 Å². The van der Waals surface area contributed by atoms with E-state index in [0.717, 1.165) is 0 Å². The van der Waals surface area contributed by atoms with Gasteiger partial charge >= 0.3 is 0 Å². The van der Waals surface area contributed by atoms with Gasteiger partial charge in [-0.25, -0.2) is 0 Å². The molecular formula is C10H21NO3. The van der Waals surface area contributed by atoms with E-state index >= 15 is 0 Å². The maximum atomic E-state index is 11.3. The summed E-state index contributed by atoms with van der Waals surface area (Å²) in [5.74, 6) is -0.0653. The Morgan fingerprint density at radius 3 is 2.36 bits per heavy atom. The van der Waals surface area contributed by atoms with Gasteiger partial charge in [0.2, 0.25) is 5.91 Å². The molecule has 2 N–H and O–H groups in total. The summed E-state index contributed by atoms with van der Waals surface area (Å²) in [4.78, 5) is 11.3. The molecule has 14 heavy (non-hydrogen) atoms. The van der Waals surface area contributed by atoms with Crippen molar-refractivity contribution in [1.82, 2.24) is 5.32 Å². The molecule has 0 saturated carbocycles. The van der Waals surface area contributed by atoms with E-state index < -0.39 is 0 Å². The molecule has 4 heteroatoms. The molecule has 0 aliphatic rings. The number of hydrogen-bond acceptors (Lipinski definition) is 3. The van der Waals surface area contributed by atoms with Gasteiger partial charge in [-0.3, -0.25) is 4.79 Å². The van der Waals surface area contributed by atoms with Gasteiger partial charge in [0.1, 0.15) is 6.61 Å². The zero-order chi connectivity index (χ0) is 11.1. The van der Waals surface area contributed by atoms with Crippen molar-refractivity contribution in [3.63, 3.8) is 0 Å². The first kappa shape index (κ1) is 13.4. The predicted octanol–water partition coefficient (Wildman–Crippen LogP) is 0.544. The summed E-state index contributed by atoms with van der Waals surface area (Å²) in [5, 5.41) is 11.6. The van der Waals surface area contributed by atoms with E-state index in [1.807, 2.05) is 27.7 Å². The summed E-state index contributed by atoms with van der Waals surface area (Å²) >= 11 is 0. The standard InChI is InChI=1S/C10H21NO3/c1-7(2)14-6-10(13)11-9(4)8(3)5-12/h7-9,12H,5-6H2,1-4H3,(H,11,13). The average Bonchev–Trinajstić information content (AvgIpc) is 2.13. The molecule has 0 aromatic carbocycles. The smallest absolute Gasteiger partial charge is 0.246 e. The van der Waals surface area contributed by atoms with Gasteiger partial charge in [0.25, 0.3) is 0 Å². The van der Waals surface area contributed by atoms with Crippen LogP contribution in [0.2, 0.25) is 0 Å². The first-order chi connectivity index (χ1) is 6.47. The summed E-state index contributed by atoms with van der Waals surface area (Å²) in [6, 6.07) is -0.0248. The Labute approximate surface area is 85.6 Å². The fourth-order valence-corrected chi connectivity index (χ4v) is 0.838. The molecule has 4 nitrogen and oxygen atoms in total. The van der Waals surface area contributed by atoms with Crippen molar-refractivity contribution in [2.45, 2.75) is 39.8 Å². The van der Waals surface area contributed by atoms with Crippen LogP contribution in [-0.4, -0.2) is 36.4 Å². The summed E-state index contributed by atoms with van der Waals surface area (Å²) in [6.07, 6.45) is 0.0614. The molecule has 0 bridgehead atoms. The van der Waals surface area contributed by atoms with E-state index in [1.165, 1.54) is 0 Å². The van der Waals surface area contributed by atoms with Crippen LogP contribution < -0.4 is 5.32 Å². The molecule has 0 aromatic heterocycles. The quantitative estimate of drug-likeness (QED) is 0.662. The average molecular weight is 203 g/mol. The highest BCUT2D eigenvalue weighted by atomic mass is 16.5. The monoisotopic (exact) mass is 203 g/mol. The van der Waals surface area contributed by atoms with Crippen LogP contribution in [0.25, 0.3) is 0 Å². The normalized spacial score (nSPS) is 15.3. The highest BCUT2D eigenvalue weighted by Gasteiger charge is 2.13. The fraction of sp³-hybridized carbons (Fsp3) is 0.900. The highest BCUT2D eigenvalue weighted by Crippen LogP contribution is 2.00. The number of aliphatic hydroxyl groups is 1. The maximum absolute atomic E-state index is 11.3. The second kappa shape index (κ2) is 6.79. The zero-order valence-corrected chi connectivity index (χ0v) is 9.41. The minimum absolute atomic E-state index is 0.0248. The molecule has 84 valence electrons. The van der Waals surface area contributed by atoms with Gasteiger partial charge < -0.3 is 15.2 Å². The lowest BCUT2D eigenvalue weighted by atomic mass is 10.1. The van der Waals surface area contributed by atoms with Crippen molar-refractivity contribution >= 4 is 5.91 Å². The van der Waals surface area contributed by atoms with Crippen LogP contribution in [0.15, 0.2) is 0 Å². The molecule has 2 unspecified atom stereocenters. The molecule has 0 spiro atoms. The lowest BCUT2D eigenvalue weighted by Gasteiger charge is -2.19. The topological polar surface area (TPSA) is 58.6 Å². The van der Waals surface area contributed by atoms with Crippen LogP contribution >= 0.6 is 0 Å². The SMILES string of the molecule is CC(C)OCC(=O)NC(C)C(C)CO. The molecule has 0 saturated heterocycles. The summed E-state index contributed by atoms with van der Waals surface area (Å²) < 4.78 is 5.14. The molecular weight excluding hydrogens is 182 g/mol. The van der Waals surface area contributed by atoms with Crippen molar-refractivity contribution in [2.24, 2.45) is 5.92 Å². The number of ether oxygens (including phenoxy) is 1. The number of nitrogens with one attached hydrogen (secondary N) is 1. The van der Waals surface area contributed by atoms with Crippen molar-refractivity contribution in [2.75, 3.05) is 13.2 Å². The van der Waals surface area contributed by atoms with E-state index in [9.17, 15) is 4.79 Å². The second-order valence-corrected chi connectivity index (χ2v) is 3.88. The third-order valence-electron chi connectivity index (χ3n) is 2.08. The Morgan fingerprint density at radius 2 is 1.93 bits per heavy atom. The number of rotatable bonds is 6. The Hall–Kier alpha value is -0.610. The minimum Gasteiger partial charge on any atom is -0.396 e. The van der Waals surface area contributed by atoms with Gasteiger partial charge in [-0.1, -0.05) is 6.92 Å². The summed E-state index contributed by atoms with van der Waals surface area (Å²) in [6.45, 7) is 7.68. The first-order valence-corrected chi connectivity index (χ1v) is 4.99. The molecule has 0 radical (unpaired) electrons. The molecule has 0 heterocycles. The molecule has 1 amide bonds. The van der Waals surface area contributed by atoms with Gasteiger partial charge in [0, 0.05) is 12.6 Å². The molecule has 0 aliphatic carbocycles. The Morgan fingerprint density at radius 1 is 1.36 bits per heavy atom. The molecule has 0 fully saturated rings. The molecule has 0 aromatic rings. The van der Waals surface area contributed by atoms with E-state index in [-0.39, 0.29) is 37.2 Å². The lowest BCUT2D eigenvalue weighted by Crippen LogP contribution is -2.40. The van der Waals surface area contributed by atoms with Crippen LogP contribution in [0.3, 0.4) is 0 Å². The molecule has 0 aliphatic heterocycles.